The number of carbonyl (C=O) groups excluding carboxylic acids is 1. The highest BCUT2D eigenvalue weighted by atomic mass is 35.5. The maximum Gasteiger partial charge on any atom is 0.349 e. The molecule has 2 atom stereocenters. The summed E-state index contributed by atoms with van der Waals surface area (Å²) < 4.78 is 5.45. The summed E-state index contributed by atoms with van der Waals surface area (Å²) in [6.07, 6.45) is 3.27. The van der Waals surface area contributed by atoms with Crippen molar-refractivity contribution >= 4 is 17.6 Å². The van der Waals surface area contributed by atoms with Crippen molar-refractivity contribution in [1.29, 1.82) is 0 Å². The van der Waals surface area contributed by atoms with Crippen molar-refractivity contribution in [3.05, 3.63) is 11.6 Å². The van der Waals surface area contributed by atoms with Gasteiger partial charge in [-0.2, -0.15) is 0 Å². The van der Waals surface area contributed by atoms with Gasteiger partial charge in [0.05, 0.1) is 11.2 Å². The van der Waals surface area contributed by atoms with Crippen LogP contribution in [0.25, 0.3) is 0 Å². The van der Waals surface area contributed by atoms with Gasteiger partial charge >= 0.3 is 5.97 Å². The second-order valence-electron chi connectivity index (χ2n) is 6.43. The van der Waals surface area contributed by atoms with E-state index in [1.807, 2.05) is 0 Å². The third-order valence-electron chi connectivity index (χ3n) is 4.49. The SMILES string of the molecule is C=C(Cl)C(=O)OC12CC3CC(O)(CC(O)(C3)C1)C2. The van der Waals surface area contributed by atoms with Crippen LogP contribution in [0.4, 0.5) is 0 Å². The standard InChI is InChI=1S/C13H17ClO4/c1-8(14)10(15)18-13-4-9-2-11(16,6-13)5-12(17,3-9)7-13/h9,16-17H,1-7H2. The van der Waals surface area contributed by atoms with Crippen LogP contribution in [0, 0.1) is 5.92 Å². The molecule has 4 nitrogen and oxygen atoms in total. The second-order valence-corrected chi connectivity index (χ2v) is 6.89. The first kappa shape index (κ1) is 12.5. The van der Waals surface area contributed by atoms with Crippen LogP contribution >= 0.6 is 11.6 Å². The number of hydrogen-bond donors (Lipinski definition) is 2. The van der Waals surface area contributed by atoms with Gasteiger partial charge in [0.25, 0.3) is 0 Å². The Labute approximate surface area is 111 Å². The molecule has 4 aliphatic carbocycles. The van der Waals surface area contributed by atoms with Gasteiger partial charge in [0.15, 0.2) is 0 Å². The summed E-state index contributed by atoms with van der Waals surface area (Å²) >= 11 is 5.54. The van der Waals surface area contributed by atoms with Crippen LogP contribution < -0.4 is 0 Å². The highest BCUT2D eigenvalue weighted by molar-refractivity contribution is 6.40. The molecule has 0 aromatic rings. The lowest BCUT2D eigenvalue weighted by Crippen LogP contribution is -2.66. The number of carbonyl (C=O) groups is 1. The molecule has 2 N–H and O–H groups in total. The fraction of sp³-hybridized carbons (Fsp3) is 0.769. The molecule has 18 heavy (non-hydrogen) atoms. The number of aliphatic hydroxyl groups is 2. The normalized spacial score (nSPS) is 49.2. The lowest BCUT2D eigenvalue weighted by Gasteiger charge is -2.62. The average molecular weight is 273 g/mol. The first-order chi connectivity index (χ1) is 8.23. The molecule has 0 aromatic carbocycles. The molecule has 0 aliphatic heterocycles. The lowest BCUT2D eigenvalue weighted by molar-refractivity contribution is -0.259. The Kier molecular flexibility index (Phi) is 2.42. The molecule has 4 rings (SSSR count). The van der Waals surface area contributed by atoms with Crippen molar-refractivity contribution < 1.29 is 19.7 Å². The van der Waals surface area contributed by atoms with Crippen LogP contribution in [0.15, 0.2) is 11.6 Å². The van der Waals surface area contributed by atoms with Crippen molar-refractivity contribution in [3.63, 3.8) is 0 Å². The van der Waals surface area contributed by atoms with Crippen LogP contribution in [0.3, 0.4) is 0 Å². The highest BCUT2D eigenvalue weighted by Crippen LogP contribution is 2.60. The third-order valence-corrected chi connectivity index (χ3v) is 4.64. The van der Waals surface area contributed by atoms with E-state index in [0.29, 0.717) is 38.5 Å². The summed E-state index contributed by atoms with van der Waals surface area (Å²) in [4.78, 5) is 11.6. The smallest absolute Gasteiger partial charge is 0.349 e. The molecule has 2 unspecified atom stereocenters. The van der Waals surface area contributed by atoms with Gasteiger partial charge < -0.3 is 14.9 Å². The van der Waals surface area contributed by atoms with E-state index in [0.717, 1.165) is 0 Å². The molecule has 4 saturated carbocycles. The Morgan fingerprint density at radius 2 is 1.72 bits per heavy atom. The lowest BCUT2D eigenvalue weighted by atomic mass is 9.50. The zero-order valence-corrected chi connectivity index (χ0v) is 10.9. The quantitative estimate of drug-likeness (QED) is 0.590. The fourth-order valence-electron chi connectivity index (χ4n) is 4.62. The van der Waals surface area contributed by atoms with Crippen molar-refractivity contribution in [1.82, 2.24) is 0 Å². The van der Waals surface area contributed by atoms with Gasteiger partial charge in [-0.1, -0.05) is 18.2 Å². The molecular formula is C13H17ClO4. The molecule has 0 amide bonds. The van der Waals surface area contributed by atoms with E-state index in [1.54, 1.807) is 0 Å². The minimum atomic E-state index is -0.901. The van der Waals surface area contributed by atoms with Crippen LogP contribution in [-0.4, -0.2) is 33.0 Å². The van der Waals surface area contributed by atoms with E-state index in [4.69, 9.17) is 16.3 Å². The van der Waals surface area contributed by atoms with E-state index >= 15 is 0 Å². The van der Waals surface area contributed by atoms with Crippen LogP contribution in [0.1, 0.15) is 38.5 Å². The molecule has 0 aromatic heterocycles. The van der Waals surface area contributed by atoms with E-state index < -0.39 is 22.8 Å². The molecule has 0 heterocycles. The van der Waals surface area contributed by atoms with E-state index in [2.05, 4.69) is 6.58 Å². The molecule has 0 radical (unpaired) electrons. The number of halogens is 1. The maximum absolute atomic E-state index is 11.6. The van der Waals surface area contributed by atoms with E-state index in [9.17, 15) is 15.0 Å². The van der Waals surface area contributed by atoms with Gasteiger partial charge in [0, 0.05) is 19.3 Å². The average Bonchev–Trinajstić information content (AvgIpc) is 2.09. The Bertz CT molecular complexity index is 415. The Morgan fingerprint density at radius 3 is 2.17 bits per heavy atom. The Hall–Kier alpha value is -0.580. The second kappa shape index (κ2) is 3.50. The van der Waals surface area contributed by atoms with Gasteiger partial charge in [0.1, 0.15) is 10.6 Å². The topological polar surface area (TPSA) is 66.8 Å². The predicted molar refractivity (Wildman–Crippen MR) is 64.9 cm³/mol. The maximum atomic E-state index is 11.6. The molecule has 100 valence electrons. The highest BCUT2D eigenvalue weighted by Gasteiger charge is 2.64. The number of rotatable bonds is 2. The van der Waals surface area contributed by atoms with Gasteiger partial charge in [-0.15, -0.1) is 0 Å². The van der Waals surface area contributed by atoms with E-state index in [-0.39, 0.29) is 11.0 Å². The predicted octanol–water partition coefficient (Wildman–Crippen LogP) is 1.48. The van der Waals surface area contributed by atoms with Crippen molar-refractivity contribution in [2.75, 3.05) is 0 Å². The minimum absolute atomic E-state index is 0.162. The number of hydrogen-bond acceptors (Lipinski definition) is 4. The van der Waals surface area contributed by atoms with Gasteiger partial charge in [-0.05, 0) is 25.2 Å². The molecule has 4 bridgehead atoms. The minimum Gasteiger partial charge on any atom is -0.455 e. The van der Waals surface area contributed by atoms with Crippen LogP contribution in [-0.2, 0) is 9.53 Å². The summed E-state index contributed by atoms with van der Waals surface area (Å²) in [5.41, 5.74) is -2.57. The molecule has 4 fully saturated rings. The van der Waals surface area contributed by atoms with Crippen molar-refractivity contribution in [2.24, 2.45) is 5.92 Å². The molecule has 4 aliphatic rings. The third kappa shape index (κ3) is 1.87. The van der Waals surface area contributed by atoms with Crippen LogP contribution in [0.2, 0.25) is 0 Å². The summed E-state index contributed by atoms with van der Waals surface area (Å²) in [5.74, 6) is -0.432. The van der Waals surface area contributed by atoms with Gasteiger partial charge in [-0.25, -0.2) is 4.79 Å². The first-order valence-electron chi connectivity index (χ1n) is 6.26. The number of ether oxygens (including phenoxy) is 1. The number of esters is 1. The Balaban J connectivity index is 1.89. The Morgan fingerprint density at radius 1 is 1.17 bits per heavy atom. The zero-order chi connectivity index (χ0) is 13.2. The summed E-state index contributed by atoms with van der Waals surface area (Å²) in [6.45, 7) is 3.35. The summed E-state index contributed by atoms with van der Waals surface area (Å²) in [7, 11) is 0. The fourth-order valence-corrected chi connectivity index (χ4v) is 4.65. The molecule has 0 saturated heterocycles. The van der Waals surface area contributed by atoms with Crippen LogP contribution in [0.5, 0.6) is 0 Å². The molecular weight excluding hydrogens is 256 g/mol. The molecule has 5 heteroatoms. The van der Waals surface area contributed by atoms with Gasteiger partial charge in [-0.3, -0.25) is 0 Å². The molecule has 0 spiro atoms. The largest absolute Gasteiger partial charge is 0.455 e. The van der Waals surface area contributed by atoms with Crippen molar-refractivity contribution in [2.45, 2.75) is 55.3 Å². The zero-order valence-electron chi connectivity index (χ0n) is 10.1. The summed E-state index contributed by atoms with van der Waals surface area (Å²) in [5, 5.41) is 20.8. The van der Waals surface area contributed by atoms with Crippen molar-refractivity contribution in [3.8, 4) is 0 Å². The summed E-state index contributed by atoms with van der Waals surface area (Å²) in [6, 6.07) is 0. The first-order valence-corrected chi connectivity index (χ1v) is 6.64. The van der Waals surface area contributed by atoms with E-state index in [1.165, 1.54) is 0 Å². The monoisotopic (exact) mass is 272 g/mol. The van der Waals surface area contributed by atoms with Gasteiger partial charge in [0.2, 0.25) is 0 Å².